The number of hydrogen-bond acceptors (Lipinski definition) is 8. The van der Waals surface area contributed by atoms with Gasteiger partial charge in [0.1, 0.15) is 23.0 Å². The van der Waals surface area contributed by atoms with Gasteiger partial charge in [0.25, 0.3) is 11.8 Å². The standard InChI is InChI=1S/C38H34Cl2N2O8/c1-41-35(46)37(39)19-28-25(32(38(37,40)36(41)47)26-13-11-24(49-3)18-29(26)43)14-15-27-31(28)34(45)42(33(27)44)22-9-6-20(7-10-22)5-8-21-17-23(48-2)12-16-30(21)50-4/h5-14,16-18,27-28,31-32,43H,15,19H2,1-4H3. The smallest absolute Gasteiger partial charge is 0.253 e. The molecule has 4 aliphatic rings. The minimum atomic E-state index is -1.99. The summed E-state index contributed by atoms with van der Waals surface area (Å²) in [5.74, 6) is -4.01. The number of amides is 4. The first-order valence-corrected chi connectivity index (χ1v) is 16.8. The van der Waals surface area contributed by atoms with Gasteiger partial charge in [-0.25, -0.2) is 0 Å². The lowest BCUT2D eigenvalue weighted by Crippen LogP contribution is -2.60. The van der Waals surface area contributed by atoms with Crippen LogP contribution in [0.3, 0.4) is 0 Å². The van der Waals surface area contributed by atoms with Gasteiger partial charge >= 0.3 is 0 Å². The van der Waals surface area contributed by atoms with Gasteiger partial charge in [0.15, 0.2) is 9.75 Å². The van der Waals surface area contributed by atoms with E-state index in [1.54, 1.807) is 38.5 Å². The summed E-state index contributed by atoms with van der Waals surface area (Å²) in [5.41, 5.74) is 2.90. The van der Waals surface area contributed by atoms with Crippen LogP contribution < -0.4 is 19.1 Å². The highest BCUT2D eigenvalue weighted by Crippen LogP contribution is 2.66. The normalized spacial score (nSPS) is 28.8. The Labute approximate surface area is 298 Å². The van der Waals surface area contributed by atoms with Gasteiger partial charge in [-0.05, 0) is 60.7 Å². The second-order valence-electron chi connectivity index (χ2n) is 13.0. The summed E-state index contributed by atoms with van der Waals surface area (Å²) in [4.78, 5) is 53.9. The van der Waals surface area contributed by atoms with Crippen molar-refractivity contribution in [1.29, 1.82) is 0 Å². The maximum Gasteiger partial charge on any atom is 0.253 e. The van der Waals surface area contributed by atoms with Crippen molar-refractivity contribution in [2.24, 2.45) is 17.8 Å². The summed E-state index contributed by atoms with van der Waals surface area (Å²) in [5, 5.41) is 11.2. The summed E-state index contributed by atoms with van der Waals surface area (Å²) in [6, 6.07) is 17.1. The van der Waals surface area contributed by atoms with E-state index in [9.17, 15) is 24.3 Å². The summed E-state index contributed by atoms with van der Waals surface area (Å²) < 4.78 is 16.1. The van der Waals surface area contributed by atoms with Gasteiger partial charge in [0, 0.05) is 30.2 Å². The Bertz CT molecular complexity index is 2010. The number of nitrogens with zero attached hydrogens (tertiary/aromatic N) is 2. The minimum absolute atomic E-state index is 0.141. The number of carbonyl (C=O) groups is 4. The first-order chi connectivity index (χ1) is 23.9. The first-order valence-electron chi connectivity index (χ1n) is 16.0. The van der Waals surface area contributed by atoms with E-state index in [1.165, 1.54) is 25.1 Å². The molecule has 50 heavy (non-hydrogen) atoms. The number of methoxy groups -OCH3 is 3. The number of anilines is 1. The van der Waals surface area contributed by atoms with Crippen LogP contribution in [-0.2, 0) is 19.2 Å². The molecule has 2 heterocycles. The van der Waals surface area contributed by atoms with Crippen molar-refractivity contribution in [1.82, 2.24) is 4.90 Å². The van der Waals surface area contributed by atoms with E-state index in [4.69, 9.17) is 37.4 Å². The Morgan fingerprint density at radius 2 is 1.50 bits per heavy atom. The molecule has 4 amide bonds. The largest absolute Gasteiger partial charge is 0.508 e. The fraction of sp³-hybridized carbons (Fsp3) is 0.316. The summed E-state index contributed by atoms with van der Waals surface area (Å²) in [6.07, 6.45) is 5.66. The Morgan fingerprint density at radius 3 is 2.16 bits per heavy atom. The third kappa shape index (κ3) is 4.75. The van der Waals surface area contributed by atoms with E-state index in [2.05, 4.69) is 0 Å². The number of aromatic hydroxyl groups is 1. The molecule has 1 N–H and O–H groups in total. The highest BCUT2D eigenvalue weighted by molar-refractivity contribution is 6.53. The molecule has 258 valence electrons. The van der Waals surface area contributed by atoms with Crippen molar-refractivity contribution in [3.8, 4) is 23.0 Å². The lowest BCUT2D eigenvalue weighted by atomic mass is 9.56. The van der Waals surface area contributed by atoms with Gasteiger partial charge in [-0.2, -0.15) is 0 Å². The number of imide groups is 2. The van der Waals surface area contributed by atoms with Crippen molar-refractivity contribution in [3.05, 3.63) is 89.0 Å². The highest BCUT2D eigenvalue weighted by atomic mass is 35.5. The zero-order chi connectivity index (χ0) is 35.7. The number of fused-ring (bicyclic) bond motifs is 4. The number of alkyl halides is 2. The van der Waals surface area contributed by atoms with Gasteiger partial charge in [-0.3, -0.25) is 29.0 Å². The van der Waals surface area contributed by atoms with Gasteiger partial charge in [-0.15, -0.1) is 23.2 Å². The number of hydrogen-bond donors (Lipinski definition) is 1. The van der Waals surface area contributed by atoms with Crippen LogP contribution in [0.4, 0.5) is 5.69 Å². The van der Waals surface area contributed by atoms with Gasteiger partial charge in [0.2, 0.25) is 11.8 Å². The van der Waals surface area contributed by atoms with Crippen molar-refractivity contribution < 1.29 is 38.5 Å². The van der Waals surface area contributed by atoms with Gasteiger partial charge in [-0.1, -0.05) is 42.0 Å². The molecule has 12 heteroatoms. The lowest BCUT2D eigenvalue weighted by molar-refractivity contribution is -0.138. The minimum Gasteiger partial charge on any atom is -0.508 e. The predicted octanol–water partition coefficient (Wildman–Crippen LogP) is 5.78. The molecule has 10 nitrogen and oxygen atoms in total. The number of allylic oxidation sites excluding steroid dienone is 2. The van der Waals surface area contributed by atoms with E-state index in [0.29, 0.717) is 28.5 Å². The van der Waals surface area contributed by atoms with E-state index < -0.39 is 51.1 Å². The van der Waals surface area contributed by atoms with Gasteiger partial charge in [0.05, 0.1) is 38.9 Å². The molecule has 0 spiro atoms. The van der Waals surface area contributed by atoms with Crippen LogP contribution in [0.2, 0.25) is 0 Å². The fourth-order valence-corrected chi connectivity index (χ4v) is 9.14. The zero-order valence-corrected chi connectivity index (χ0v) is 29.2. The van der Waals surface area contributed by atoms with Crippen LogP contribution in [0.1, 0.15) is 35.4 Å². The van der Waals surface area contributed by atoms with E-state index in [-0.39, 0.29) is 30.1 Å². The Kier molecular flexibility index (Phi) is 8.22. The fourth-order valence-electron chi connectivity index (χ4n) is 8.13. The average molecular weight is 718 g/mol. The van der Waals surface area contributed by atoms with E-state index in [0.717, 1.165) is 16.0 Å². The topological polar surface area (TPSA) is 123 Å². The van der Waals surface area contributed by atoms with Crippen LogP contribution in [0.15, 0.2) is 72.3 Å². The zero-order valence-electron chi connectivity index (χ0n) is 27.7. The van der Waals surface area contributed by atoms with Crippen LogP contribution in [-0.4, -0.2) is 71.8 Å². The Balaban J connectivity index is 1.23. The van der Waals surface area contributed by atoms with Crippen LogP contribution in [0.5, 0.6) is 23.0 Å². The molecule has 7 rings (SSSR count). The van der Waals surface area contributed by atoms with Crippen molar-refractivity contribution in [3.63, 3.8) is 0 Å². The molecule has 2 aliphatic carbocycles. The van der Waals surface area contributed by atoms with Crippen molar-refractivity contribution in [2.75, 3.05) is 33.3 Å². The molecule has 3 fully saturated rings. The number of likely N-dealkylation sites (tertiary alicyclic amines) is 1. The van der Waals surface area contributed by atoms with E-state index in [1.807, 2.05) is 48.6 Å². The SMILES string of the molecule is COc1ccc(C2C3=CCC4C(=O)N(c5ccc(C=Cc6cc(OC)ccc6OC)cc5)C(=O)C4C3CC3(Cl)C(=O)N(C)C(=O)C23Cl)c(O)c1. The molecular formula is C38H34Cl2N2O8. The average Bonchev–Trinajstić information content (AvgIpc) is 3.45. The number of ether oxygens (including phenoxy) is 3. The first kappa shape index (κ1) is 33.7. The number of phenolic OH excluding ortho intramolecular Hbond substituents is 1. The molecule has 2 saturated heterocycles. The number of phenols is 1. The number of rotatable bonds is 7. The third-order valence-corrected chi connectivity index (χ3v) is 12.0. The molecule has 0 bridgehead atoms. The molecule has 0 radical (unpaired) electrons. The summed E-state index contributed by atoms with van der Waals surface area (Å²) in [6.45, 7) is 0. The highest BCUT2D eigenvalue weighted by Gasteiger charge is 2.76. The lowest BCUT2D eigenvalue weighted by Gasteiger charge is -2.50. The van der Waals surface area contributed by atoms with Crippen LogP contribution >= 0.6 is 23.2 Å². The molecule has 6 unspecified atom stereocenters. The quantitative estimate of drug-likeness (QED) is 0.141. The summed E-state index contributed by atoms with van der Waals surface area (Å²) in [7, 11) is 5.95. The number of benzene rings is 3. The predicted molar refractivity (Wildman–Crippen MR) is 188 cm³/mol. The number of halogens is 2. The Hall–Kier alpha value is -4.80. The number of carbonyl (C=O) groups excluding carboxylic acids is 4. The van der Waals surface area contributed by atoms with Crippen LogP contribution in [0, 0.1) is 17.8 Å². The van der Waals surface area contributed by atoms with E-state index >= 15 is 0 Å². The van der Waals surface area contributed by atoms with Crippen LogP contribution in [0.25, 0.3) is 12.2 Å². The van der Waals surface area contributed by atoms with Crippen molar-refractivity contribution >= 4 is 64.7 Å². The molecule has 3 aromatic rings. The summed E-state index contributed by atoms with van der Waals surface area (Å²) >= 11 is 14.4. The molecule has 2 aliphatic heterocycles. The maximum atomic E-state index is 14.3. The molecule has 1 saturated carbocycles. The second-order valence-corrected chi connectivity index (χ2v) is 14.2. The third-order valence-electron chi connectivity index (χ3n) is 10.6. The molecule has 3 aromatic carbocycles. The van der Waals surface area contributed by atoms with Gasteiger partial charge < -0.3 is 19.3 Å². The maximum absolute atomic E-state index is 14.3. The monoisotopic (exact) mass is 716 g/mol. The van der Waals surface area contributed by atoms with Crippen molar-refractivity contribution in [2.45, 2.75) is 28.5 Å². The molecule has 6 atom stereocenters. The Morgan fingerprint density at radius 1 is 0.820 bits per heavy atom. The molecular weight excluding hydrogens is 683 g/mol. The molecule has 0 aromatic heterocycles. The second kappa shape index (κ2) is 12.2.